The van der Waals surface area contributed by atoms with Gasteiger partial charge in [-0.15, -0.1) is 0 Å². The first-order valence-corrected chi connectivity index (χ1v) is 11.6. The molecule has 10 heteroatoms. The molecule has 2 saturated heterocycles. The average Bonchev–Trinajstić information content (AvgIpc) is 3.37. The number of anilines is 1. The van der Waals surface area contributed by atoms with Crippen molar-refractivity contribution in [1.82, 2.24) is 4.90 Å². The number of nitrogens with zero attached hydrogens (tertiary/aromatic N) is 3. The summed E-state index contributed by atoms with van der Waals surface area (Å²) in [6.45, 7) is 0.144. The molecule has 0 radical (unpaired) electrons. The molecule has 0 saturated carbocycles. The molecule has 0 aliphatic carbocycles. The third-order valence-electron chi connectivity index (χ3n) is 6.20. The van der Waals surface area contributed by atoms with Crippen molar-refractivity contribution in [3.8, 4) is 5.75 Å². The first kappa shape index (κ1) is 23.0. The van der Waals surface area contributed by atoms with Gasteiger partial charge in [0.2, 0.25) is 5.91 Å². The van der Waals surface area contributed by atoms with Crippen LogP contribution in [0.15, 0.2) is 77.3 Å². The zero-order valence-corrected chi connectivity index (χ0v) is 20.1. The zero-order chi connectivity index (χ0) is 24.7. The Kier molecular flexibility index (Phi) is 6.00. The van der Waals surface area contributed by atoms with Crippen LogP contribution < -0.4 is 9.80 Å². The number of fused-ring (bicyclic) bond motifs is 1. The summed E-state index contributed by atoms with van der Waals surface area (Å²) in [6, 6.07) is 19.8. The van der Waals surface area contributed by atoms with Crippen LogP contribution in [0.1, 0.15) is 17.2 Å². The van der Waals surface area contributed by atoms with Crippen molar-refractivity contribution in [1.29, 1.82) is 0 Å². The third kappa shape index (κ3) is 4.04. The molecule has 9 nitrogen and oxygen atoms in total. The lowest BCUT2D eigenvalue weighted by Gasteiger charge is -2.29. The fraction of sp³-hybridized carbons (Fsp3) is 0.200. The lowest BCUT2D eigenvalue weighted by molar-refractivity contribution is -0.384. The summed E-state index contributed by atoms with van der Waals surface area (Å²) in [6.07, 6.45) is -1.05. The van der Waals surface area contributed by atoms with E-state index < -0.39 is 28.9 Å². The molecule has 0 aromatic heterocycles. The molecule has 0 unspecified atom stereocenters. The number of methoxy groups -OCH3 is 1. The summed E-state index contributed by atoms with van der Waals surface area (Å²) in [4.78, 5) is 45.1. The smallest absolute Gasteiger partial charge is 0.271 e. The minimum absolute atomic E-state index is 0.124. The van der Waals surface area contributed by atoms with Crippen molar-refractivity contribution in [2.45, 2.75) is 18.7 Å². The minimum Gasteiger partial charge on any atom is -0.496 e. The second-order valence-corrected chi connectivity index (χ2v) is 9.10. The quantitative estimate of drug-likeness (QED) is 0.260. The number of non-ortho nitro benzene ring substituents is 1. The molecule has 3 aromatic rings. The lowest BCUT2D eigenvalue weighted by atomic mass is 9.90. The van der Waals surface area contributed by atoms with Crippen LogP contribution in [0.2, 0.25) is 0 Å². The monoisotopic (exact) mass is 537 g/mol. The van der Waals surface area contributed by atoms with E-state index in [1.807, 2.05) is 30.3 Å². The summed E-state index contributed by atoms with van der Waals surface area (Å²) >= 11 is 3.48. The van der Waals surface area contributed by atoms with Crippen LogP contribution in [0.25, 0.3) is 0 Å². The summed E-state index contributed by atoms with van der Waals surface area (Å²) < 4.78 is 5.99. The number of nitro benzene ring substituents is 1. The van der Waals surface area contributed by atoms with Crippen LogP contribution in [0.3, 0.4) is 0 Å². The number of carbonyl (C=O) groups is 2. The average molecular weight is 538 g/mol. The number of benzene rings is 3. The number of halogens is 1. The number of hydrogen-bond acceptors (Lipinski definition) is 7. The fourth-order valence-electron chi connectivity index (χ4n) is 4.57. The van der Waals surface area contributed by atoms with Gasteiger partial charge in [0.1, 0.15) is 11.7 Å². The maximum atomic E-state index is 13.6. The van der Waals surface area contributed by atoms with E-state index in [0.717, 1.165) is 5.56 Å². The van der Waals surface area contributed by atoms with E-state index in [4.69, 9.17) is 9.57 Å². The molecule has 178 valence electrons. The topological polar surface area (TPSA) is 102 Å². The maximum absolute atomic E-state index is 13.6. The van der Waals surface area contributed by atoms with Gasteiger partial charge >= 0.3 is 0 Å². The van der Waals surface area contributed by atoms with Crippen molar-refractivity contribution in [2.24, 2.45) is 5.92 Å². The number of hydroxylamine groups is 1. The van der Waals surface area contributed by atoms with Crippen LogP contribution >= 0.6 is 15.9 Å². The first-order chi connectivity index (χ1) is 16.9. The Morgan fingerprint density at radius 1 is 1.03 bits per heavy atom. The van der Waals surface area contributed by atoms with E-state index in [-0.39, 0.29) is 18.1 Å². The number of amides is 2. The van der Waals surface area contributed by atoms with Crippen molar-refractivity contribution >= 4 is 39.1 Å². The Labute approximate surface area is 209 Å². The van der Waals surface area contributed by atoms with Gasteiger partial charge in [-0.2, -0.15) is 0 Å². The largest absolute Gasteiger partial charge is 0.496 e. The van der Waals surface area contributed by atoms with E-state index in [1.54, 1.807) is 31.4 Å². The van der Waals surface area contributed by atoms with Gasteiger partial charge in [-0.05, 0) is 45.3 Å². The highest BCUT2D eigenvalue weighted by molar-refractivity contribution is 9.10. The normalized spacial score (nSPS) is 21.4. The number of hydrogen-bond donors (Lipinski definition) is 0. The number of carbonyl (C=O) groups excluding carboxylic acids is 2. The molecule has 3 atom stereocenters. The van der Waals surface area contributed by atoms with Gasteiger partial charge in [0.05, 0.1) is 34.8 Å². The van der Waals surface area contributed by atoms with Crippen molar-refractivity contribution in [3.05, 3.63) is 98.5 Å². The fourth-order valence-corrected chi connectivity index (χ4v) is 5.12. The molecular formula is C25H20BrN3O6. The SMILES string of the molecule is COc1ccc([C@@H]2[C@H]3C(=O)N(Cc4ccccc4)C(=O)[C@@H]3ON2c2cccc([N+](=O)[O-])c2)cc1Br. The molecule has 35 heavy (non-hydrogen) atoms. The van der Waals surface area contributed by atoms with Gasteiger partial charge in [0.25, 0.3) is 11.6 Å². The third-order valence-corrected chi connectivity index (χ3v) is 6.82. The highest BCUT2D eigenvalue weighted by Gasteiger charge is 2.59. The number of rotatable bonds is 6. The van der Waals surface area contributed by atoms with Gasteiger partial charge < -0.3 is 4.74 Å². The lowest BCUT2D eigenvalue weighted by Crippen LogP contribution is -2.37. The van der Waals surface area contributed by atoms with E-state index in [0.29, 0.717) is 21.5 Å². The van der Waals surface area contributed by atoms with Crippen molar-refractivity contribution in [3.63, 3.8) is 0 Å². The summed E-state index contributed by atoms with van der Waals surface area (Å²) in [5.41, 5.74) is 1.77. The van der Waals surface area contributed by atoms with Crippen LogP contribution in [0.4, 0.5) is 11.4 Å². The second-order valence-electron chi connectivity index (χ2n) is 8.24. The van der Waals surface area contributed by atoms with E-state index >= 15 is 0 Å². The van der Waals surface area contributed by atoms with Gasteiger partial charge in [-0.1, -0.05) is 42.5 Å². The molecule has 3 aromatic carbocycles. The molecule has 2 aliphatic rings. The molecule has 0 spiro atoms. The Morgan fingerprint density at radius 2 is 1.80 bits per heavy atom. The molecule has 2 heterocycles. The summed E-state index contributed by atoms with van der Waals surface area (Å²) in [5, 5.41) is 12.8. The predicted octanol–water partition coefficient (Wildman–Crippen LogP) is 4.41. The molecule has 2 aliphatic heterocycles. The molecule has 0 bridgehead atoms. The predicted molar refractivity (Wildman–Crippen MR) is 129 cm³/mol. The van der Waals surface area contributed by atoms with Crippen molar-refractivity contribution < 1.29 is 24.1 Å². The maximum Gasteiger partial charge on any atom is 0.271 e. The van der Waals surface area contributed by atoms with Gasteiger partial charge in [-0.25, -0.2) is 5.06 Å². The highest BCUT2D eigenvalue weighted by Crippen LogP contribution is 2.48. The Balaban J connectivity index is 1.56. The second kappa shape index (κ2) is 9.12. The minimum atomic E-state index is -1.05. The van der Waals surface area contributed by atoms with Gasteiger partial charge in [0.15, 0.2) is 6.10 Å². The van der Waals surface area contributed by atoms with E-state index in [9.17, 15) is 19.7 Å². The Bertz CT molecular complexity index is 1320. The van der Waals surface area contributed by atoms with E-state index in [2.05, 4.69) is 15.9 Å². The molecule has 0 N–H and O–H groups in total. The van der Waals surface area contributed by atoms with Crippen LogP contribution in [0.5, 0.6) is 5.75 Å². The van der Waals surface area contributed by atoms with Gasteiger partial charge in [-0.3, -0.25) is 29.4 Å². The Morgan fingerprint density at radius 3 is 2.49 bits per heavy atom. The first-order valence-electron chi connectivity index (χ1n) is 10.8. The van der Waals surface area contributed by atoms with E-state index in [1.165, 1.54) is 28.2 Å². The zero-order valence-electron chi connectivity index (χ0n) is 18.5. The highest BCUT2D eigenvalue weighted by atomic mass is 79.9. The summed E-state index contributed by atoms with van der Waals surface area (Å²) in [5.74, 6) is -1.01. The summed E-state index contributed by atoms with van der Waals surface area (Å²) in [7, 11) is 1.55. The number of ether oxygens (including phenoxy) is 1. The van der Waals surface area contributed by atoms with Crippen LogP contribution in [-0.2, 0) is 21.0 Å². The molecule has 2 fully saturated rings. The number of nitro groups is 1. The Hall–Kier alpha value is -3.76. The van der Waals surface area contributed by atoms with Crippen LogP contribution in [0, 0.1) is 16.0 Å². The standard InChI is InChI=1S/C25H20BrN3O6/c1-34-20-11-10-16(12-19(20)26)22-21-23(35-28(22)17-8-5-9-18(13-17)29(32)33)25(31)27(24(21)30)14-15-6-3-2-4-7-15/h2-13,21-23H,14H2,1H3/t21-,22-,23-/m1/s1. The molecule has 2 amide bonds. The van der Waals surface area contributed by atoms with Gasteiger partial charge in [0, 0.05) is 12.1 Å². The van der Waals surface area contributed by atoms with Crippen molar-refractivity contribution in [2.75, 3.05) is 12.2 Å². The molecule has 5 rings (SSSR count). The number of imide groups is 1. The molecular weight excluding hydrogens is 518 g/mol. The number of likely N-dealkylation sites (tertiary alicyclic amines) is 1. The van der Waals surface area contributed by atoms with Crippen LogP contribution in [-0.4, -0.2) is 34.9 Å².